The molecule has 0 aromatic heterocycles. The first-order valence-electron chi connectivity index (χ1n) is 8.31. The van der Waals surface area contributed by atoms with Crippen molar-refractivity contribution in [2.45, 2.75) is 45.6 Å². The van der Waals surface area contributed by atoms with Gasteiger partial charge in [-0.05, 0) is 49.8 Å². The fourth-order valence-electron chi connectivity index (χ4n) is 3.03. The maximum atomic E-state index is 12.5. The van der Waals surface area contributed by atoms with Crippen molar-refractivity contribution in [3.05, 3.63) is 29.8 Å². The molecule has 3 atom stereocenters. The molecule has 1 aliphatic heterocycles. The number of hydrogen-bond donors (Lipinski definition) is 2. The summed E-state index contributed by atoms with van der Waals surface area (Å²) in [7, 11) is 0. The first-order valence-corrected chi connectivity index (χ1v) is 8.31. The van der Waals surface area contributed by atoms with Crippen molar-refractivity contribution in [1.29, 1.82) is 0 Å². The van der Waals surface area contributed by atoms with E-state index in [4.69, 9.17) is 0 Å². The first kappa shape index (κ1) is 17.0. The second-order valence-electron chi connectivity index (χ2n) is 6.39. The number of benzene rings is 1. The minimum atomic E-state index is -0.165. The second-order valence-corrected chi connectivity index (χ2v) is 6.39. The highest BCUT2D eigenvalue weighted by Crippen LogP contribution is 2.27. The van der Waals surface area contributed by atoms with Gasteiger partial charge in [-0.3, -0.25) is 9.69 Å². The highest BCUT2D eigenvalue weighted by Gasteiger charge is 2.29. The van der Waals surface area contributed by atoms with Gasteiger partial charge in [0.1, 0.15) is 0 Å². The zero-order chi connectivity index (χ0) is 16.1. The molecule has 2 N–H and O–H groups in total. The van der Waals surface area contributed by atoms with Crippen LogP contribution in [0.5, 0.6) is 0 Å². The fourth-order valence-corrected chi connectivity index (χ4v) is 3.03. The number of hydrogen-bond acceptors (Lipinski definition) is 3. The van der Waals surface area contributed by atoms with Crippen LogP contribution in [0, 0.1) is 5.92 Å². The van der Waals surface area contributed by atoms with E-state index in [9.17, 15) is 9.90 Å². The van der Waals surface area contributed by atoms with E-state index in [1.54, 1.807) is 0 Å². The lowest BCUT2D eigenvalue weighted by Gasteiger charge is -2.24. The predicted molar refractivity (Wildman–Crippen MR) is 90.0 cm³/mol. The summed E-state index contributed by atoms with van der Waals surface area (Å²) in [5, 5.41) is 12.3. The third kappa shape index (κ3) is 3.87. The van der Waals surface area contributed by atoms with Crippen molar-refractivity contribution >= 4 is 11.6 Å². The molecule has 22 heavy (non-hydrogen) atoms. The zero-order valence-electron chi connectivity index (χ0n) is 13.9. The smallest absolute Gasteiger partial charge is 0.241 e. The summed E-state index contributed by atoms with van der Waals surface area (Å²) >= 11 is 0. The predicted octanol–water partition coefficient (Wildman–Crippen LogP) is 2.84. The van der Waals surface area contributed by atoms with E-state index >= 15 is 0 Å². The molecular formula is C18H28N2O2. The summed E-state index contributed by atoms with van der Waals surface area (Å²) in [5.74, 6) is 0.773. The van der Waals surface area contributed by atoms with Crippen molar-refractivity contribution in [2.75, 3.05) is 25.0 Å². The van der Waals surface area contributed by atoms with Crippen LogP contribution >= 0.6 is 0 Å². The number of aliphatic hydroxyl groups is 1. The van der Waals surface area contributed by atoms with Crippen LogP contribution in [-0.2, 0) is 4.79 Å². The van der Waals surface area contributed by atoms with Crippen LogP contribution in [0.4, 0.5) is 5.69 Å². The van der Waals surface area contributed by atoms with Crippen molar-refractivity contribution in [2.24, 2.45) is 5.92 Å². The molecule has 4 heteroatoms. The average Bonchev–Trinajstić information content (AvgIpc) is 3.02. The van der Waals surface area contributed by atoms with Crippen molar-refractivity contribution in [1.82, 2.24) is 4.90 Å². The third-order valence-electron chi connectivity index (χ3n) is 4.86. The molecule has 1 aromatic rings. The number of anilines is 1. The molecule has 0 aliphatic carbocycles. The molecular weight excluding hydrogens is 276 g/mol. The van der Waals surface area contributed by atoms with Crippen LogP contribution in [0.2, 0.25) is 0 Å². The molecule has 2 rings (SSSR count). The van der Waals surface area contributed by atoms with Gasteiger partial charge in [0.2, 0.25) is 5.91 Å². The van der Waals surface area contributed by atoms with Crippen LogP contribution < -0.4 is 5.32 Å². The van der Waals surface area contributed by atoms with Crippen LogP contribution in [0.3, 0.4) is 0 Å². The van der Waals surface area contributed by atoms with Crippen molar-refractivity contribution in [3.8, 4) is 0 Å². The van der Waals surface area contributed by atoms with Crippen molar-refractivity contribution in [3.63, 3.8) is 0 Å². The molecule has 3 unspecified atom stereocenters. The Bertz CT molecular complexity index is 504. The Balaban J connectivity index is 2.03. The maximum absolute atomic E-state index is 12.5. The minimum absolute atomic E-state index is 0.0364. The number of carbonyl (C=O) groups excluding carboxylic acids is 1. The zero-order valence-corrected chi connectivity index (χ0v) is 13.9. The Hall–Kier alpha value is -1.39. The van der Waals surface area contributed by atoms with E-state index < -0.39 is 0 Å². The van der Waals surface area contributed by atoms with Gasteiger partial charge in [-0.25, -0.2) is 0 Å². The highest BCUT2D eigenvalue weighted by atomic mass is 16.3. The summed E-state index contributed by atoms with van der Waals surface area (Å²) in [4.78, 5) is 14.7. The van der Waals surface area contributed by atoms with E-state index in [1.807, 2.05) is 25.1 Å². The average molecular weight is 304 g/mol. The van der Waals surface area contributed by atoms with E-state index in [0.29, 0.717) is 11.8 Å². The molecule has 0 radical (unpaired) electrons. The largest absolute Gasteiger partial charge is 0.396 e. The van der Waals surface area contributed by atoms with Crippen LogP contribution in [0.1, 0.15) is 45.1 Å². The quantitative estimate of drug-likeness (QED) is 0.849. The summed E-state index contributed by atoms with van der Waals surface area (Å²) < 4.78 is 0. The van der Waals surface area contributed by atoms with E-state index in [-0.39, 0.29) is 18.6 Å². The topological polar surface area (TPSA) is 52.6 Å². The third-order valence-corrected chi connectivity index (χ3v) is 4.86. The van der Waals surface area contributed by atoms with Gasteiger partial charge in [-0.1, -0.05) is 32.0 Å². The van der Waals surface area contributed by atoms with Crippen LogP contribution in [0.15, 0.2) is 24.3 Å². The molecule has 1 amide bonds. The van der Waals surface area contributed by atoms with E-state index in [2.05, 4.69) is 30.1 Å². The molecule has 1 fully saturated rings. The first-order chi connectivity index (χ1) is 10.6. The van der Waals surface area contributed by atoms with Gasteiger partial charge in [0.15, 0.2) is 0 Å². The highest BCUT2D eigenvalue weighted by molar-refractivity contribution is 5.95. The SMILES string of the molecule is CCC(C)c1ccccc1NC(=O)C(C)N1CCC(CO)C1. The van der Waals surface area contributed by atoms with Gasteiger partial charge in [0.25, 0.3) is 0 Å². The van der Waals surface area contributed by atoms with E-state index in [0.717, 1.165) is 31.6 Å². The summed E-state index contributed by atoms with van der Waals surface area (Å²) in [5.41, 5.74) is 2.12. The van der Waals surface area contributed by atoms with Gasteiger partial charge >= 0.3 is 0 Å². The molecule has 0 spiro atoms. The number of amides is 1. The number of nitrogens with one attached hydrogen (secondary N) is 1. The minimum Gasteiger partial charge on any atom is -0.396 e. The van der Waals surface area contributed by atoms with Crippen LogP contribution in [-0.4, -0.2) is 41.7 Å². The number of aliphatic hydroxyl groups excluding tert-OH is 1. The van der Waals surface area contributed by atoms with Crippen LogP contribution in [0.25, 0.3) is 0 Å². The molecule has 1 heterocycles. The molecule has 1 aromatic carbocycles. The lowest BCUT2D eigenvalue weighted by molar-refractivity contribution is -0.120. The normalized spacial score (nSPS) is 21.5. The lowest BCUT2D eigenvalue weighted by atomic mass is 9.97. The van der Waals surface area contributed by atoms with E-state index in [1.165, 1.54) is 5.56 Å². The second kappa shape index (κ2) is 7.75. The van der Waals surface area contributed by atoms with Gasteiger partial charge in [-0.2, -0.15) is 0 Å². The van der Waals surface area contributed by atoms with Gasteiger partial charge < -0.3 is 10.4 Å². The van der Waals surface area contributed by atoms with Gasteiger partial charge in [-0.15, -0.1) is 0 Å². The molecule has 0 bridgehead atoms. The Labute approximate surface area is 133 Å². The lowest BCUT2D eigenvalue weighted by Crippen LogP contribution is -2.41. The van der Waals surface area contributed by atoms with Gasteiger partial charge in [0, 0.05) is 18.8 Å². The number of para-hydroxylation sites is 1. The fraction of sp³-hybridized carbons (Fsp3) is 0.611. The molecule has 122 valence electrons. The monoisotopic (exact) mass is 304 g/mol. The van der Waals surface area contributed by atoms with Crippen molar-refractivity contribution < 1.29 is 9.90 Å². The standard InChI is InChI=1S/C18H28N2O2/c1-4-13(2)16-7-5-6-8-17(16)19-18(22)14(3)20-10-9-15(11-20)12-21/h5-8,13-15,21H,4,9-12H2,1-3H3,(H,19,22). The Kier molecular flexibility index (Phi) is 5.98. The Morgan fingerprint density at radius 3 is 2.77 bits per heavy atom. The summed E-state index contributed by atoms with van der Waals surface area (Å²) in [6.45, 7) is 8.18. The number of nitrogens with zero attached hydrogens (tertiary/aromatic N) is 1. The molecule has 1 aliphatic rings. The summed E-state index contributed by atoms with van der Waals surface area (Å²) in [6, 6.07) is 7.89. The molecule has 0 saturated carbocycles. The number of carbonyl (C=O) groups is 1. The Morgan fingerprint density at radius 2 is 2.14 bits per heavy atom. The maximum Gasteiger partial charge on any atom is 0.241 e. The number of likely N-dealkylation sites (tertiary alicyclic amines) is 1. The summed E-state index contributed by atoms with van der Waals surface area (Å²) in [6.07, 6.45) is 2.02. The molecule has 4 nitrogen and oxygen atoms in total. The number of rotatable bonds is 6. The Morgan fingerprint density at radius 1 is 1.41 bits per heavy atom. The molecule has 1 saturated heterocycles. The van der Waals surface area contributed by atoms with Gasteiger partial charge in [0.05, 0.1) is 6.04 Å².